The van der Waals surface area contributed by atoms with Crippen molar-refractivity contribution in [2.45, 2.75) is 19.5 Å². The average Bonchev–Trinajstić information content (AvgIpc) is 2.55. The molecule has 0 spiro atoms. The van der Waals surface area contributed by atoms with Gasteiger partial charge in [-0.2, -0.15) is 0 Å². The number of nitrogens with one attached hydrogen (secondary N) is 2. The molecule has 0 fully saturated rings. The van der Waals surface area contributed by atoms with Crippen molar-refractivity contribution in [2.75, 3.05) is 6.54 Å². The lowest BCUT2D eigenvalue weighted by molar-refractivity contribution is 0.240. The van der Waals surface area contributed by atoms with E-state index in [2.05, 4.69) is 26.6 Å². The van der Waals surface area contributed by atoms with Crippen LogP contribution in [0.1, 0.15) is 16.7 Å². The molecule has 0 atom stereocenters. The van der Waals surface area contributed by atoms with Crippen molar-refractivity contribution < 1.29 is 4.79 Å². The standard InChI is InChI=1S/C17H20BrN3O/c18-16-7-2-1-6-15(16)8-9-20-17(22)21-12-14-5-3-4-13(10-14)11-19/h1-7,10H,8-9,11-12,19H2,(H2,20,21,22). The highest BCUT2D eigenvalue weighted by molar-refractivity contribution is 9.10. The number of carbonyl (C=O) groups is 1. The first-order chi connectivity index (χ1) is 10.7. The van der Waals surface area contributed by atoms with Crippen molar-refractivity contribution >= 4 is 22.0 Å². The quantitative estimate of drug-likeness (QED) is 0.740. The van der Waals surface area contributed by atoms with E-state index in [1.165, 1.54) is 5.56 Å². The van der Waals surface area contributed by atoms with E-state index >= 15 is 0 Å². The summed E-state index contributed by atoms with van der Waals surface area (Å²) >= 11 is 3.50. The van der Waals surface area contributed by atoms with Gasteiger partial charge in [-0.15, -0.1) is 0 Å². The molecule has 0 saturated heterocycles. The second-order valence-corrected chi connectivity index (χ2v) is 5.83. The van der Waals surface area contributed by atoms with Crippen LogP contribution in [0.2, 0.25) is 0 Å². The predicted octanol–water partition coefficient (Wildman–Crippen LogP) is 2.95. The van der Waals surface area contributed by atoms with Crippen LogP contribution < -0.4 is 16.4 Å². The van der Waals surface area contributed by atoms with E-state index in [0.717, 1.165) is 22.0 Å². The highest BCUT2D eigenvalue weighted by atomic mass is 79.9. The van der Waals surface area contributed by atoms with Gasteiger partial charge in [0.1, 0.15) is 0 Å². The van der Waals surface area contributed by atoms with Crippen molar-refractivity contribution in [3.05, 3.63) is 69.7 Å². The molecule has 0 heterocycles. The molecule has 4 nitrogen and oxygen atoms in total. The SMILES string of the molecule is NCc1cccc(CNC(=O)NCCc2ccccc2Br)c1. The molecule has 2 aromatic carbocycles. The Balaban J connectivity index is 1.73. The van der Waals surface area contributed by atoms with Crippen molar-refractivity contribution in [3.8, 4) is 0 Å². The number of nitrogens with two attached hydrogens (primary N) is 1. The molecule has 22 heavy (non-hydrogen) atoms. The van der Waals surface area contributed by atoms with Gasteiger partial charge >= 0.3 is 6.03 Å². The van der Waals surface area contributed by atoms with E-state index in [0.29, 0.717) is 19.6 Å². The Bertz CT molecular complexity index is 631. The zero-order chi connectivity index (χ0) is 15.8. The van der Waals surface area contributed by atoms with Gasteiger partial charge in [-0.1, -0.05) is 58.4 Å². The number of carbonyl (C=O) groups excluding carboxylic acids is 1. The maximum atomic E-state index is 11.8. The molecular formula is C17H20BrN3O. The van der Waals surface area contributed by atoms with Crippen LogP contribution in [0.5, 0.6) is 0 Å². The number of urea groups is 1. The number of hydrogen-bond donors (Lipinski definition) is 3. The normalized spacial score (nSPS) is 10.3. The summed E-state index contributed by atoms with van der Waals surface area (Å²) in [6.07, 6.45) is 0.789. The van der Waals surface area contributed by atoms with Crippen molar-refractivity contribution in [2.24, 2.45) is 5.73 Å². The van der Waals surface area contributed by atoms with Crippen molar-refractivity contribution in [3.63, 3.8) is 0 Å². The maximum absolute atomic E-state index is 11.8. The molecule has 0 aliphatic carbocycles. The minimum absolute atomic E-state index is 0.162. The molecule has 4 N–H and O–H groups in total. The zero-order valence-corrected chi connectivity index (χ0v) is 13.9. The van der Waals surface area contributed by atoms with Gasteiger partial charge in [0, 0.05) is 24.1 Å². The Hall–Kier alpha value is -1.85. The first-order valence-electron chi connectivity index (χ1n) is 7.22. The molecule has 0 saturated carbocycles. The Morgan fingerprint density at radius 3 is 2.59 bits per heavy atom. The summed E-state index contributed by atoms with van der Waals surface area (Å²) in [5.74, 6) is 0. The van der Waals surface area contributed by atoms with Crippen LogP contribution in [0.3, 0.4) is 0 Å². The summed E-state index contributed by atoms with van der Waals surface area (Å²) < 4.78 is 1.07. The third-order valence-corrected chi connectivity index (χ3v) is 4.09. The molecule has 2 aromatic rings. The van der Waals surface area contributed by atoms with E-state index < -0.39 is 0 Å². The number of benzene rings is 2. The second-order valence-electron chi connectivity index (χ2n) is 4.97. The molecule has 2 rings (SSSR count). The van der Waals surface area contributed by atoms with Gasteiger partial charge < -0.3 is 16.4 Å². The molecule has 0 aromatic heterocycles. The van der Waals surface area contributed by atoms with E-state index in [9.17, 15) is 4.79 Å². The zero-order valence-electron chi connectivity index (χ0n) is 12.3. The van der Waals surface area contributed by atoms with Crippen LogP contribution in [-0.4, -0.2) is 12.6 Å². The number of amides is 2. The first-order valence-corrected chi connectivity index (χ1v) is 8.01. The second kappa shape index (κ2) is 8.56. The number of rotatable bonds is 6. The largest absolute Gasteiger partial charge is 0.338 e. The molecule has 0 bridgehead atoms. The highest BCUT2D eigenvalue weighted by Crippen LogP contribution is 2.15. The summed E-state index contributed by atoms with van der Waals surface area (Å²) in [7, 11) is 0. The summed E-state index contributed by atoms with van der Waals surface area (Å²) in [4.78, 5) is 11.8. The highest BCUT2D eigenvalue weighted by Gasteiger charge is 2.02. The molecule has 5 heteroatoms. The molecule has 0 aliphatic heterocycles. The minimum atomic E-state index is -0.162. The minimum Gasteiger partial charge on any atom is -0.338 e. The van der Waals surface area contributed by atoms with Crippen LogP contribution >= 0.6 is 15.9 Å². The smallest absolute Gasteiger partial charge is 0.315 e. The molecule has 0 unspecified atom stereocenters. The topological polar surface area (TPSA) is 67.1 Å². The van der Waals surface area contributed by atoms with Gasteiger partial charge in [-0.3, -0.25) is 0 Å². The van der Waals surface area contributed by atoms with Gasteiger partial charge in [0.25, 0.3) is 0 Å². The van der Waals surface area contributed by atoms with Gasteiger partial charge in [0.2, 0.25) is 0 Å². The van der Waals surface area contributed by atoms with Crippen LogP contribution in [0.15, 0.2) is 53.0 Å². The molecule has 0 radical (unpaired) electrons. The molecular weight excluding hydrogens is 342 g/mol. The van der Waals surface area contributed by atoms with Crippen molar-refractivity contribution in [1.29, 1.82) is 0 Å². The van der Waals surface area contributed by atoms with Gasteiger partial charge in [-0.25, -0.2) is 4.79 Å². The van der Waals surface area contributed by atoms with Crippen molar-refractivity contribution in [1.82, 2.24) is 10.6 Å². The maximum Gasteiger partial charge on any atom is 0.315 e. The first kappa shape index (κ1) is 16.5. The van der Waals surface area contributed by atoms with E-state index in [1.54, 1.807) is 0 Å². The van der Waals surface area contributed by atoms with Gasteiger partial charge in [0.15, 0.2) is 0 Å². The third-order valence-electron chi connectivity index (χ3n) is 3.32. The molecule has 2 amide bonds. The third kappa shape index (κ3) is 5.16. The lowest BCUT2D eigenvalue weighted by Crippen LogP contribution is -2.36. The molecule has 116 valence electrons. The van der Waals surface area contributed by atoms with E-state index in [4.69, 9.17) is 5.73 Å². The Morgan fingerprint density at radius 2 is 1.82 bits per heavy atom. The van der Waals surface area contributed by atoms with Crippen LogP contribution in [-0.2, 0) is 19.5 Å². The number of hydrogen-bond acceptors (Lipinski definition) is 2. The van der Waals surface area contributed by atoms with Crippen LogP contribution in [0.4, 0.5) is 4.79 Å². The van der Waals surface area contributed by atoms with E-state index in [-0.39, 0.29) is 6.03 Å². The summed E-state index contributed by atoms with van der Waals surface area (Å²) in [5.41, 5.74) is 8.89. The lowest BCUT2D eigenvalue weighted by atomic mass is 10.1. The molecule has 0 aliphatic rings. The summed E-state index contributed by atoms with van der Waals surface area (Å²) in [6, 6.07) is 15.7. The summed E-state index contributed by atoms with van der Waals surface area (Å²) in [6.45, 7) is 1.60. The van der Waals surface area contributed by atoms with Gasteiger partial charge in [-0.05, 0) is 29.2 Å². The van der Waals surface area contributed by atoms with Gasteiger partial charge in [0.05, 0.1) is 0 Å². The number of halogens is 1. The monoisotopic (exact) mass is 361 g/mol. The van der Waals surface area contributed by atoms with Crippen LogP contribution in [0, 0.1) is 0 Å². The summed E-state index contributed by atoms with van der Waals surface area (Å²) in [5, 5.41) is 5.71. The predicted molar refractivity (Wildman–Crippen MR) is 92.4 cm³/mol. The van der Waals surface area contributed by atoms with E-state index in [1.807, 2.05) is 48.5 Å². The lowest BCUT2D eigenvalue weighted by Gasteiger charge is -2.09. The Kier molecular flexibility index (Phi) is 6.43. The van der Waals surface area contributed by atoms with Crippen LogP contribution in [0.25, 0.3) is 0 Å². The average molecular weight is 362 g/mol. The fourth-order valence-corrected chi connectivity index (χ4v) is 2.61. The Morgan fingerprint density at radius 1 is 1.05 bits per heavy atom. The Labute approximate surface area is 139 Å². The fraction of sp³-hybridized carbons (Fsp3) is 0.235. The fourth-order valence-electron chi connectivity index (χ4n) is 2.12.